The molecule has 24 heavy (non-hydrogen) atoms. The number of hydrogen-bond acceptors (Lipinski definition) is 5. The third-order valence-corrected chi connectivity index (χ3v) is 5.00. The second-order valence-corrected chi connectivity index (χ2v) is 6.70. The summed E-state index contributed by atoms with van der Waals surface area (Å²) in [4.78, 5) is 24.1. The summed E-state index contributed by atoms with van der Waals surface area (Å²) in [6, 6.07) is 8.04. The third kappa shape index (κ3) is 3.84. The molecule has 1 fully saturated rings. The van der Waals surface area contributed by atoms with Gasteiger partial charge in [-0.15, -0.1) is 0 Å². The quantitative estimate of drug-likeness (QED) is 0.873. The van der Waals surface area contributed by atoms with Crippen LogP contribution in [0.25, 0.3) is 0 Å². The summed E-state index contributed by atoms with van der Waals surface area (Å²) in [5.74, 6) is 1.76. The molecule has 0 atom stereocenters. The smallest absolute Gasteiger partial charge is 0.219 e. The average Bonchev–Trinajstić information content (AvgIpc) is 2.58. The van der Waals surface area contributed by atoms with Crippen LogP contribution in [0, 0.1) is 6.92 Å². The Labute approximate surface area is 150 Å². The molecule has 1 saturated heterocycles. The number of halogens is 1. The highest BCUT2D eigenvalue weighted by Gasteiger charge is 2.19. The molecule has 1 aromatic heterocycles. The van der Waals surface area contributed by atoms with Gasteiger partial charge in [0.1, 0.15) is 18.0 Å². The summed E-state index contributed by atoms with van der Waals surface area (Å²) in [6.07, 6.45) is 1.57. The molecule has 126 valence electrons. The van der Waals surface area contributed by atoms with Gasteiger partial charge in [0.25, 0.3) is 0 Å². The van der Waals surface area contributed by atoms with Crippen LogP contribution in [-0.4, -0.2) is 47.0 Å². The highest BCUT2D eigenvalue weighted by molar-refractivity contribution is 9.10. The first-order valence-electron chi connectivity index (χ1n) is 7.88. The predicted molar refractivity (Wildman–Crippen MR) is 98.7 cm³/mol. The molecule has 3 rings (SSSR count). The molecular weight excluding hydrogens is 370 g/mol. The molecule has 1 aliphatic rings. The predicted octanol–water partition coefficient (Wildman–Crippen LogP) is 2.96. The number of carbonyl (C=O) groups is 1. The zero-order valence-corrected chi connectivity index (χ0v) is 15.4. The number of anilines is 3. The highest BCUT2D eigenvalue weighted by Crippen LogP contribution is 2.24. The van der Waals surface area contributed by atoms with Gasteiger partial charge in [-0.25, -0.2) is 9.97 Å². The standard InChI is InChI=1S/C17H20BrN5O/c1-12-3-4-14(9-15(12)18)21-16-10-17(20-11-19-16)23-7-5-22(6-8-23)13(2)24/h3-4,9-11H,5-8H2,1-2H3,(H,19,20,21). The molecule has 0 unspecified atom stereocenters. The topological polar surface area (TPSA) is 61.4 Å². The molecule has 2 aromatic rings. The number of rotatable bonds is 3. The van der Waals surface area contributed by atoms with Crippen LogP contribution in [0.2, 0.25) is 0 Å². The van der Waals surface area contributed by atoms with Crippen LogP contribution >= 0.6 is 15.9 Å². The minimum absolute atomic E-state index is 0.129. The van der Waals surface area contributed by atoms with Crippen LogP contribution in [-0.2, 0) is 4.79 Å². The van der Waals surface area contributed by atoms with Crippen molar-refractivity contribution in [1.29, 1.82) is 0 Å². The average molecular weight is 390 g/mol. The molecule has 0 saturated carbocycles. The molecule has 1 aliphatic heterocycles. The van der Waals surface area contributed by atoms with Crippen molar-refractivity contribution < 1.29 is 4.79 Å². The molecule has 0 aliphatic carbocycles. The number of amides is 1. The molecule has 6 nitrogen and oxygen atoms in total. The lowest BCUT2D eigenvalue weighted by Crippen LogP contribution is -2.48. The fourth-order valence-corrected chi connectivity index (χ4v) is 3.04. The molecular formula is C17H20BrN5O. The van der Waals surface area contributed by atoms with Gasteiger partial charge in [0, 0.05) is 49.3 Å². The summed E-state index contributed by atoms with van der Waals surface area (Å²) in [7, 11) is 0. The van der Waals surface area contributed by atoms with E-state index in [4.69, 9.17) is 0 Å². The van der Waals surface area contributed by atoms with Crippen LogP contribution in [0.15, 0.2) is 35.1 Å². The number of hydrogen-bond donors (Lipinski definition) is 1. The van der Waals surface area contributed by atoms with E-state index in [9.17, 15) is 4.79 Å². The lowest BCUT2D eigenvalue weighted by Gasteiger charge is -2.34. The number of piperazine rings is 1. The Kier molecular flexibility index (Phi) is 4.99. The summed E-state index contributed by atoms with van der Waals surface area (Å²) in [5, 5.41) is 3.31. The van der Waals surface area contributed by atoms with E-state index in [1.807, 2.05) is 23.1 Å². The van der Waals surface area contributed by atoms with Crippen molar-refractivity contribution in [3.8, 4) is 0 Å². The zero-order valence-electron chi connectivity index (χ0n) is 13.8. The normalized spacial score (nSPS) is 14.6. The van der Waals surface area contributed by atoms with Gasteiger partial charge in [0.05, 0.1) is 0 Å². The maximum atomic E-state index is 11.4. The first-order valence-corrected chi connectivity index (χ1v) is 8.68. The largest absolute Gasteiger partial charge is 0.353 e. The molecule has 1 aromatic carbocycles. The zero-order chi connectivity index (χ0) is 17.1. The van der Waals surface area contributed by atoms with Crippen molar-refractivity contribution in [2.45, 2.75) is 13.8 Å². The lowest BCUT2D eigenvalue weighted by molar-refractivity contribution is -0.129. The van der Waals surface area contributed by atoms with E-state index in [0.717, 1.165) is 48.0 Å². The van der Waals surface area contributed by atoms with Gasteiger partial charge in [-0.2, -0.15) is 0 Å². The van der Waals surface area contributed by atoms with Gasteiger partial charge in [0.15, 0.2) is 0 Å². The van der Waals surface area contributed by atoms with Crippen LogP contribution in [0.3, 0.4) is 0 Å². The number of aromatic nitrogens is 2. The fraction of sp³-hybridized carbons (Fsp3) is 0.353. The Hall–Kier alpha value is -2.15. The van der Waals surface area contributed by atoms with E-state index < -0.39 is 0 Å². The minimum atomic E-state index is 0.129. The van der Waals surface area contributed by atoms with Gasteiger partial charge in [-0.1, -0.05) is 22.0 Å². The van der Waals surface area contributed by atoms with Gasteiger partial charge in [-0.05, 0) is 24.6 Å². The Balaban J connectivity index is 1.70. The number of aryl methyl sites for hydroxylation is 1. The second kappa shape index (κ2) is 7.17. The van der Waals surface area contributed by atoms with Gasteiger partial charge in [-0.3, -0.25) is 4.79 Å². The van der Waals surface area contributed by atoms with Crippen molar-refractivity contribution in [2.75, 3.05) is 36.4 Å². The van der Waals surface area contributed by atoms with Crippen molar-refractivity contribution in [3.05, 3.63) is 40.6 Å². The maximum absolute atomic E-state index is 11.4. The lowest BCUT2D eigenvalue weighted by atomic mass is 10.2. The van der Waals surface area contributed by atoms with E-state index in [1.54, 1.807) is 13.3 Å². The first kappa shape index (κ1) is 16.7. The number of nitrogens with one attached hydrogen (secondary N) is 1. The van der Waals surface area contributed by atoms with Crippen LogP contribution in [0.5, 0.6) is 0 Å². The van der Waals surface area contributed by atoms with E-state index in [-0.39, 0.29) is 5.91 Å². The Bertz CT molecular complexity index is 744. The maximum Gasteiger partial charge on any atom is 0.219 e. The molecule has 2 heterocycles. The van der Waals surface area contributed by atoms with E-state index in [1.165, 1.54) is 5.56 Å². The number of benzene rings is 1. The van der Waals surface area contributed by atoms with Crippen LogP contribution < -0.4 is 10.2 Å². The molecule has 7 heteroatoms. The Morgan fingerprint density at radius 1 is 1.17 bits per heavy atom. The monoisotopic (exact) mass is 389 g/mol. The van der Waals surface area contributed by atoms with Gasteiger partial charge < -0.3 is 15.1 Å². The molecule has 0 spiro atoms. The summed E-state index contributed by atoms with van der Waals surface area (Å²) in [6.45, 7) is 6.69. The Morgan fingerprint density at radius 3 is 2.58 bits per heavy atom. The molecule has 0 bridgehead atoms. The molecule has 0 radical (unpaired) electrons. The first-order chi connectivity index (χ1) is 11.5. The summed E-state index contributed by atoms with van der Waals surface area (Å²) >= 11 is 3.54. The van der Waals surface area contributed by atoms with Gasteiger partial charge >= 0.3 is 0 Å². The number of carbonyl (C=O) groups excluding carboxylic acids is 1. The van der Waals surface area contributed by atoms with Crippen molar-refractivity contribution in [1.82, 2.24) is 14.9 Å². The molecule has 1 amide bonds. The third-order valence-electron chi connectivity index (χ3n) is 4.15. The molecule has 1 N–H and O–H groups in total. The van der Waals surface area contributed by atoms with E-state index in [2.05, 4.69) is 49.1 Å². The number of nitrogens with zero attached hydrogens (tertiary/aromatic N) is 4. The van der Waals surface area contributed by atoms with Crippen molar-refractivity contribution in [3.63, 3.8) is 0 Å². The second-order valence-electron chi connectivity index (χ2n) is 5.84. The SMILES string of the molecule is CC(=O)N1CCN(c2cc(Nc3ccc(C)c(Br)c3)ncn2)CC1. The van der Waals surface area contributed by atoms with Crippen LogP contribution in [0.4, 0.5) is 17.3 Å². The van der Waals surface area contributed by atoms with Crippen LogP contribution in [0.1, 0.15) is 12.5 Å². The fourth-order valence-electron chi connectivity index (χ4n) is 2.66. The summed E-state index contributed by atoms with van der Waals surface area (Å²) < 4.78 is 1.06. The minimum Gasteiger partial charge on any atom is -0.353 e. The Morgan fingerprint density at radius 2 is 1.92 bits per heavy atom. The van der Waals surface area contributed by atoms with Gasteiger partial charge in [0.2, 0.25) is 5.91 Å². The van der Waals surface area contributed by atoms with E-state index in [0.29, 0.717) is 0 Å². The highest BCUT2D eigenvalue weighted by atomic mass is 79.9. The van der Waals surface area contributed by atoms with E-state index >= 15 is 0 Å². The summed E-state index contributed by atoms with van der Waals surface area (Å²) in [5.41, 5.74) is 2.16. The van der Waals surface area contributed by atoms with Crippen molar-refractivity contribution >= 4 is 39.2 Å². The van der Waals surface area contributed by atoms with Crippen molar-refractivity contribution in [2.24, 2.45) is 0 Å².